The molecule has 0 radical (unpaired) electrons. The number of hydrazone groups is 1. The van der Waals surface area contributed by atoms with Crippen molar-refractivity contribution in [1.29, 1.82) is 0 Å². The zero-order valence-electron chi connectivity index (χ0n) is 13.4. The number of unbranched alkanes of at least 4 members (excludes halogenated alkanes) is 2. The normalized spacial score (nSPS) is 13.8. The molecule has 0 fully saturated rings. The van der Waals surface area contributed by atoms with Gasteiger partial charge >= 0.3 is 5.97 Å². The highest BCUT2D eigenvalue weighted by atomic mass is 16.4. The first-order chi connectivity index (χ1) is 11.1. The van der Waals surface area contributed by atoms with Gasteiger partial charge in [-0.25, -0.2) is 0 Å². The number of hydrogen-bond donors (Lipinski definition) is 2. The molecule has 124 valence electrons. The summed E-state index contributed by atoms with van der Waals surface area (Å²) in [6.45, 7) is 3.46. The van der Waals surface area contributed by atoms with E-state index in [4.69, 9.17) is 5.11 Å². The molecule has 0 unspecified atom stereocenters. The maximum atomic E-state index is 12.0. The number of hydrogen-bond acceptors (Lipinski definition) is 4. The Labute approximate surface area is 136 Å². The lowest BCUT2D eigenvalue weighted by atomic mass is 10.1. The van der Waals surface area contributed by atoms with Gasteiger partial charge in [-0.1, -0.05) is 6.42 Å². The van der Waals surface area contributed by atoms with Crippen molar-refractivity contribution in [2.24, 2.45) is 5.10 Å². The number of nitrogens with one attached hydrogen (secondary N) is 1. The van der Waals surface area contributed by atoms with Crippen LogP contribution in [0.1, 0.15) is 49.4 Å². The van der Waals surface area contributed by atoms with Gasteiger partial charge in [0, 0.05) is 37.2 Å². The number of amides is 1. The third-order valence-corrected chi connectivity index (χ3v) is 3.76. The van der Waals surface area contributed by atoms with Crippen LogP contribution in [0, 0.1) is 0 Å². The topological polar surface area (TPSA) is 82.0 Å². The van der Waals surface area contributed by atoms with Gasteiger partial charge in [-0.3, -0.25) is 14.6 Å². The number of carboxylic acid groups (broad SMARTS) is 1. The van der Waals surface area contributed by atoms with Crippen molar-refractivity contribution in [2.75, 3.05) is 18.1 Å². The Morgan fingerprint density at radius 2 is 1.96 bits per heavy atom. The lowest BCUT2D eigenvalue weighted by Gasteiger charge is -2.14. The smallest absolute Gasteiger partial charge is 0.303 e. The average molecular weight is 317 g/mol. The third-order valence-electron chi connectivity index (χ3n) is 3.76. The fraction of sp³-hybridized carbons (Fsp3) is 0.471. The van der Waals surface area contributed by atoms with E-state index < -0.39 is 5.97 Å². The SMILES string of the molecule is CC1=NN(c2ccc(C(=O)NCCCCCC(=O)O)cc2)CC1. The molecule has 6 nitrogen and oxygen atoms in total. The Kier molecular flexibility index (Phi) is 6.14. The molecule has 1 aliphatic rings. The molecule has 1 aromatic rings. The minimum atomic E-state index is -0.772. The second-order valence-electron chi connectivity index (χ2n) is 5.72. The maximum Gasteiger partial charge on any atom is 0.303 e. The van der Waals surface area contributed by atoms with E-state index in [1.54, 1.807) is 12.1 Å². The molecule has 0 atom stereocenters. The second kappa shape index (κ2) is 8.31. The molecule has 1 heterocycles. The van der Waals surface area contributed by atoms with E-state index in [-0.39, 0.29) is 12.3 Å². The van der Waals surface area contributed by atoms with Gasteiger partial charge in [0.2, 0.25) is 0 Å². The van der Waals surface area contributed by atoms with E-state index in [1.807, 2.05) is 24.1 Å². The van der Waals surface area contributed by atoms with E-state index in [0.29, 0.717) is 18.5 Å². The van der Waals surface area contributed by atoms with Gasteiger partial charge in [0.25, 0.3) is 5.91 Å². The number of carbonyl (C=O) groups excluding carboxylic acids is 1. The minimum Gasteiger partial charge on any atom is -0.481 e. The molecule has 0 bridgehead atoms. The van der Waals surface area contributed by atoms with Crippen LogP contribution in [0.25, 0.3) is 0 Å². The number of rotatable bonds is 8. The van der Waals surface area contributed by atoms with Crippen molar-refractivity contribution < 1.29 is 14.7 Å². The minimum absolute atomic E-state index is 0.101. The lowest BCUT2D eigenvalue weighted by molar-refractivity contribution is -0.137. The summed E-state index contributed by atoms with van der Waals surface area (Å²) in [7, 11) is 0. The Morgan fingerprint density at radius 1 is 1.22 bits per heavy atom. The van der Waals surface area contributed by atoms with Gasteiger partial charge in [0.1, 0.15) is 0 Å². The fourth-order valence-corrected chi connectivity index (χ4v) is 2.43. The van der Waals surface area contributed by atoms with Crippen molar-refractivity contribution >= 4 is 23.3 Å². The van der Waals surface area contributed by atoms with Crippen LogP contribution in [0.4, 0.5) is 5.69 Å². The van der Waals surface area contributed by atoms with Crippen molar-refractivity contribution in [3.05, 3.63) is 29.8 Å². The van der Waals surface area contributed by atoms with Crippen LogP contribution in [0.5, 0.6) is 0 Å². The molecule has 1 aliphatic heterocycles. The first kappa shape index (κ1) is 17.0. The van der Waals surface area contributed by atoms with Crippen molar-refractivity contribution in [3.8, 4) is 0 Å². The highest BCUT2D eigenvalue weighted by molar-refractivity contribution is 5.94. The number of carboxylic acids is 1. The summed E-state index contributed by atoms with van der Waals surface area (Å²) < 4.78 is 0. The molecule has 0 saturated heterocycles. The molecule has 2 N–H and O–H groups in total. The van der Waals surface area contributed by atoms with Crippen molar-refractivity contribution in [3.63, 3.8) is 0 Å². The van der Waals surface area contributed by atoms with Gasteiger partial charge in [-0.05, 0) is 44.0 Å². The number of carbonyl (C=O) groups is 2. The largest absolute Gasteiger partial charge is 0.481 e. The molecule has 0 saturated carbocycles. The van der Waals surface area contributed by atoms with E-state index in [9.17, 15) is 9.59 Å². The molecule has 23 heavy (non-hydrogen) atoms. The van der Waals surface area contributed by atoms with Gasteiger partial charge in [-0.15, -0.1) is 0 Å². The highest BCUT2D eigenvalue weighted by Gasteiger charge is 2.13. The molecule has 1 aromatic carbocycles. The predicted molar refractivity (Wildman–Crippen MR) is 90.0 cm³/mol. The molecule has 2 rings (SSSR count). The lowest BCUT2D eigenvalue weighted by Crippen LogP contribution is -2.24. The number of anilines is 1. The first-order valence-corrected chi connectivity index (χ1v) is 7.98. The van der Waals surface area contributed by atoms with Gasteiger partial charge in [0.05, 0.1) is 5.69 Å². The maximum absolute atomic E-state index is 12.0. The Hall–Kier alpha value is -2.37. The summed E-state index contributed by atoms with van der Waals surface area (Å²) >= 11 is 0. The standard InChI is InChI=1S/C17H23N3O3/c1-13-10-12-20(19-13)15-8-6-14(7-9-15)17(23)18-11-4-2-3-5-16(21)22/h6-9H,2-5,10-12H2,1H3,(H,18,23)(H,21,22). The van der Waals surface area contributed by atoms with Crippen LogP contribution >= 0.6 is 0 Å². The summed E-state index contributed by atoms with van der Waals surface area (Å²) in [5.41, 5.74) is 2.74. The van der Waals surface area contributed by atoms with Crippen LogP contribution in [0.15, 0.2) is 29.4 Å². The van der Waals surface area contributed by atoms with E-state index in [1.165, 1.54) is 0 Å². The number of aliphatic carboxylic acids is 1. The summed E-state index contributed by atoms with van der Waals surface area (Å²) in [4.78, 5) is 22.4. The number of nitrogens with zero attached hydrogens (tertiary/aromatic N) is 2. The third kappa shape index (κ3) is 5.39. The summed E-state index contributed by atoms with van der Waals surface area (Å²) in [5.74, 6) is -0.873. The summed E-state index contributed by atoms with van der Waals surface area (Å²) in [5, 5.41) is 17.8. The number of benzene rings is 1. The van der Waals surface area contributed by atoms with Crippen LogP contribution in [-0.2, 0) is 4.79 Å². The fourth-order valence-electron chi connectivity index (χ4n) is 2.43. The Bertz CT molecular complexity index is 581. The Morgan fingerprint density at radius 3 is 2.57 bits per heavy atom. The molecular formula is C17H23N3O3. The molecule has 0 spiro atoms. The van der Waals surface area contributed by atoms with Gasteiger partial charge < -0.3 is 10.4 Å². The quantitative estimate of drug-likeness (QED) is 0.722. The van der Waals surface area contributed by atoms with E-state index in [2.05, 4.69) is 10.4 Å². The zero-order chi connectivity index (χ0) is 16.7. The van der Waals surface area contributed by atoms with Crippen LogP contribution in [0.2, 0.25) is 0 Å². The van der Waals surface area contributed by atoms with Crippen LogP contribution < -0.4 is 10.3 Å². The molecule has 1 amide bonds. The van der Waals surface area contributed by atoms with E-state index in [0.717, 1.165) is 37.2 Å². The predicted octanol–water partition coefficient (Wildman–Crippen LogP) is 2.65. The monoisotopic (exact) mass is 317 g/mol. The molecule has 0 aromatic heterocycles. The zero-order valence-corrected chi connectivity index (χ0v) is 13.4. The van der Waals surface area contributed by atoms with E-state index >= 15 is 0 Å². The Balaban J connectivity index is 1.74. The summed E-state index contributed by atoms with van der Waals surface area (Å²) in [6, 6.07) is 7.42. The second-order valence-corrected chi connectivity index (χ2v) is 5.72. The van der Waals surface area contributed by atoms with Gasteiger partial charge in [-0.2, -0.15) is 5.10 Å². The molecule has 6 heteroatoms. The van der Waals surface area contributed by atoms with Crippen molar-refractivity contribution in [1.82, 2.24) is 5.32 Å². The average Bonchev–Trinajstić information content (AvgIpc) is 2.97. The van der Waals surface area contributed by atoms with Crippen LogP contribution in [0.3, 0.4) is 0 Å². The summed E-state index contributed by atoms with van der Waals surface area (Å²) in [6.07, 6.45) is 3.41. The van der Waals surface area contributed by atoms with Crippen LogP contribution in [-0.4, -0.2) is 35.8 Å². The first-order valence-electron chi connectivity index (χ1n) is 7.98. The molecule has 0 aliphatic carbocycles. The highest BCUT2D eigenvalue weighted by Crippen LogP contribution is 2.19. The molecular weight excluding hydrogens is 294 g/mol. The van der Waals surface area contributed by atoms with Gasteiger partial charge in [0.15, 0.2) is 0 Å². The van der Waals surface area contributed by atoms with Crippen molar-refractivity contribution in [2.45, 2.75) is 39.0 Å².